The number of carbonyl (C=O) groups excluding carboxylic acids is 1. The van der Waals surface area contributed by atoms with Crippen molar-refractivity contribution in [2.75, 3.05) is 26.7 Å². The van der Waals surface area contributed by atoms with E-state index < -0.39 is 0 Å². The molecule has 7 heteroatoms. The first-order chi connectivity index (χ1) is 12.0. The number of nitrogens with zero attached hydrogens (tertiary/aromatic N) is 4. The molecule has 2 aliphatic rings. The summed E-state index contributed by atoms with van der Waals surface area (Å²) in [7, 11) is 2.14. The van der Waals surface area contributed by atoms with E-state index in [4.69, 9.17) is 4.52 Å². The first-order valence-electron chi connectivity index (χ1n) is 8.85. The molecule has 4 rings (SSSR count). The average molecular weight is 360 g/mol. The van der Waals surface area contributed by atoms with Crippen molar-refractivity contribution in [3.8, 4) is 0 Å². The summed E-state index contributed by atoms with van der Waals surface area (Å²) in [5, 5.41) is 6.15. The molecule has 134 valence electrons. The van der Waals surface area contributed by atoms with Gasteiger partial charge in [-0.2, -0.15) is 4.98 Å². The van der Waals surface area contributed by atoms with Gasteiger partial charge in [0.1, 0.15) is 0 Å². The van der Waals surface area contributed by atoms with Crippen molar-refractivity contribution >= 4 is 17.2 Å². The summed E-state index contributed by atoms with van der Waals surface area (Å²) in [6, 6.07) is 4.27. The van der Waals surface area contributed by atoms with Crippen LogP contribution in [-0.2, 0) is 11.2 Å². The topological polar surface area (TPSA) is 62.5 Å². The third-order valence-corrected chi connectivity index (χ3v) is 6.54. The fourth-order valence-electron chi connectivity index (χ4n) is 4.28. The first-order valence-corrected chi connectivity index (χ1v) is 9.73. The predicted octanol–water partition coefficient (Wildman–Crippen LogP) is 2.67. The van der Waals surface area contributed by atoms with Crippen LogP contribution >= 0.6 is 11.3 Å². The molecular weight excluding hydrogens is 336 g/mol. The van der Waals surface area contributed by atoms with Gasteiger partial charge >= 0.3 is 0 Å². The highest BCUT2D eigenvalue weighted by atomic mass is 32.1. The van der Waals surface area contributed by atoms with Gasteiger partial charge in [-0.15, -0.1) is 11.3 Å². The van der Waals surface area contributed by atoms with E-state index in [0.717, 1.165) is 49.6 Å². The Morgan fingerprint density at radius 3 is 2.88 bits per heavy atom. The fraction of sp³-hybridized carbons (Fsp3) is 0.611. The van der Waals surface area contributed by atoms with Crippen LogP contribution in [0, 0.1) is 12.3 Å². The molecule has 2 aliphatic heterocycles. The molecule has 1 atom stereocenters. The van der Waals surface area contributed by atoms with Gasteiger partial charge in [-0.25, -0.2) is 0 Å². The second kappa shape index (κ2) is 6.53. The number of rotatable bonds is 3. The van der Waals surface area contributed by atoms with E-state index in [-0.39, 0.29) is 17.4 Å². The van der Waals surface area contributed by atoms with Crippen LogP contribution < -0.4 is 0 Å². The molecule has 2 saturated heterocycles. The van der Waals surface area contributed by atoms with E-state index in [1.807, 2.05) is 29.3 Å². The molecule has 25 heavy (non-hydrogen) atoms. The predicted molar refractivity (Wildman–Crippen MR) is 95.3 cm³/mol. The number of amides is 1. The van der Waals surface area contributed by atoms with Crippen LogP contribution in [0.2, 0.25) is 0 Å². The zero-order valence-electron chi connectivity index (χ0n) is 14.8. The maximum absolute atomic E-state index is 12.5. The third-order valence-electron chi connectivity index (χ3n) is 5.67. The van der Waals surface area contributed by atoms with Gasteiger partial charge in [-0.05, 0) is 43.2 Å². The summed E-state index contributed by atoms with van der Waals surface area (Å²) in [4.78, 5) is 22.5. The van der Waals surface area contributed by atoms with Gasteiger partial charge in [-0.1, -0.05) is 11.2 Å². The zero-order valence-corrected chi connectivity index (χ0v) is 15.6. The van der Waals surface area contributed by atoms with E-state index in [2.05, 4.69) is 22.1 Å². The Morgan fingerprint density at radius 1 is 1.44 bits per heavy atom. The summed E-state index contributed by atoms with van der Waals surface area (Å²) in [6.07, 6.45) is 3.70. The number of hydrogen-bond acceptors (Lipinski definition) is 6. The van der Waals surface area contributed by atoms with Crippen molar-refractivity contribution in [2.45, 2.75) is 38.6 Å². The summed E-state index contributed by atoms with van der Waals surface area (Å²) in [6.45, 7) is 4.59. The minimum absolute atomic E-state index is 0.228. The van der Waals surface area contributed by atoms with Crippen molar-refractivity contribution in [1.29, 1.82) is 0 Å². The molecule has 2 aromatic heterocycles. The van der Waals surface area contributed by atoms with E-state index in [9.17, 15) is 4.79 Å². The molecule has 0 N–H and O–H groups in total. The highest BCUT2D eigenvalue weighted by Gasteiger charge is 2.46. The van der Waals surface area contributed by atoms with Crippen LogP contribution in [0.4, 0.5) is 0 Å². The number of aryl methyl sites for hydroxylation is 1. The second-order valence-corrected chi connectivity index (χ2v) is 8.48. The van der Waals surface area contributed by atoms with E-state index >= 15 is 0 Å². The Hall–Kier alpha value is -1.73. The smallest absolute Gasteiger partial charge is 0.227 e. The van der Waals surface area contributed by atoms with Crippen molar-refractivity contribution in [3.05, 3.63) is 34.1 Å². The van der Waals surface area contributed by atoms with Gasteiger partial charge in [0.25, 0.3) is 0 Å². The summed E-state index contributed by atoms with van der Waals surface area (Å²) >= 11 is 1.66. The lowest BCUT2D eigenvalue weighted by atomic mass is 9.76. The average Bonchev–Trinajstić information content (AvgIpc) is 3.30. The largest absolute Gasteiger partial charge is 0.342 e. The van der Waals surface area contributed by atoms with E-state index in [0.29, 0.717) is 12.3 Å². The van der Waals surface area contributed by atoms with Crippen LogP contribution in [0.3, 0.4) is 0 Å². The molecular formula is C18H24N4O2S. The lowest BCUT2D eigenvalue weighted by molar-refractivity contribution is -0.132. The Balaban J connectivity index is 1.37. The van der Waals surface area contributed by atoms with Gasteiger partial charge < -0.3 is 9.42 Å². The molecule has 0 saturated carbocycles. The Labute approximate surface area is 151 Å². The number of carbonyl (C=O) groups is 1. The third kappa shape index (κ3) is 3.35. The van der Waals surface area contributed by atoms with Crippen molar-refractivity contribution < 1.29 is 9.32 Å². The van der Waals surface area contributed by atoms with E-state index in [1.54, 1.807) is 11.3 Å². The van der Waals surface area contributed by atoms with Crippen LogP contribution in [0.1, 0.15) is 41.9 Å². The molecule has 0 aliphatic carbocycles. The van der Waals surface area contributed by atoms with Crippen molar-refractivity contribution in [1.82, 2.24) is 19.9 Å². The fourth-order valence-corrected chi connectivity index (χ4v) is 4.97. The Morgan fingerprint density at radius 2 is 2.24 bits per heavy atom. The van der Waals surface area contributed by atoms with Gasteiger partial charge in [0.15, 0.2) is 5.82 Å². The molecule has 1 spiro atoms. The van der Waals surface area contributed by atoms with E-state index in [1.165, 1.54) is 0 Å². The van der Waals surface area contributed by atoms with Gasteiger partial charge in [0.05, 0.1) is 12.5 Å². The van der Waals surface area contributed by atoms with Gasteiger partial charge in [0, 0.05) is 31.4 Å². The SMILES string of the molecule is Cc1nc(C2CC3(CCN(C(=O)Cc4cccs4)CC3)CN2C)no1. The van der Waals surface area contributed by atoms with Crippen LogP contribution in [-0.4, -0.2) is 52.5 Å². The Kier molecular flexibility index (Phi) is 4.37. The molecule has 2 fully saturated rings. The zero-order chi connectivity index (χ0) is 17.4. The number of aromatic nitrogens is 2. The van der Waals surface area contributed by atoms with Crippen molar-refractivity contribution in [3.63, 3.8) is 0 Å². The standard InChI is InChI=1S/C18H24N4O2S/c1-13-19-17(20-24-13)15-11-18(12-21(15)2)5-7-22(8-6-18)16(23)10-14-4-3-9-25-14/h3-4,9,15H,5-8,10-12H2,1-2H3. The molecule has 1 amide bonds. The number of thiophene rings is 1. The number of piperidine rings is 1. The molecule has 4 heterocycles. The van der Waals surface area contributed by atoms with Gasteiger partial charge in [-0.3, -0.25) is 9.69 Å². The maximum Gasteiger partial charge on any atom is 0.227 e. The molecule has 0 radical (unpaired) electrons. The summed E-state index contributed by atoms with van der Waals surface area (Å²) in [5.41, 5.74) is 0.271. The molecule has 1 unspecified atom stereocenters. The Bertz CT molecular complexity index is 734. The molecule has 0 aromatic carbocycles. The maximum atomic E-state index is 12.5. The van der Waals surface area contributed by atoms with Crippen LogP contribution in [0.25, 0.3) is 0 Å². The lowest BCUT2D eigenvalue weighted by Crippen LogP contribution is -2.44. The summed E-state index contributed by atoms with van der Waals surface area (Å²) in [5.74, 6) is 1.68. The minimum Gasteiger partial charge on any atom is -0.342 e. The summed E-state index contributed by atoms with van der Waals surface area (Å²) < 4.78 is 5.16. The highest BCUT2D eigenvalue weighted by molar-refractivity contribution is 7.10. The number of hydrogen-bond donors (Lipinski definition) is 0. The van der Waals surface area contributed by atoms with Crippen molar-refractivity contribution in [2.24, 2.45) is 5.41 Å². The second-order valence-electron chi connectivity index (χ2n) is 7.44. The monoisotopic (exact) mass is 360 g/mol. The molecule has 2 aromatic rings. The molecule has 0 bridgehead atoms. The van der Waals surface area contributed by atoms with Crippen LogP contribution in [0.5, 0.6) is 0 Å². The highest BCUT2D eigenvalue weighted by Crippen LogP contribution is 2.47. The van der Waals surface area contributed by atoms with Gasteiger partial charge in [0.2, 0.25) is 11.8 Å². The molecule has 6 nitrogen and oxygen atoms in total. The minimum atomic E-state index is 0.228. The number of likely N-dealkylation sites (tertiary alicyclic amines) is 2. The quantitative estimate of drug-likeness (QED) is 0.842. The van der Waals surface area contributed by atoms with Crippen LogP contribution in [0.15, 0.2) is 22.0 Å². The normalized spacial score (nSPS) is 23.4. The first kappa shape index (κ1) is 16.7. The lowest BCUT2D eigenvalue weighted by Gasteiger charge is -2.39.